The van der Waals surface area contributed by atoms with E-state index in [4.69, 9.17) is 21.3 Å². The summed E-state index contributed by atoms with van der Waals surface area (Å²) in [4.78, 5) is 18.5. The van der Waals surface area contributed by atoms with E-state index in [1.165, 1.54) is 0 Å². The lowest BCUT2D eigenvalue weighted by Gasteiger charge is -2.18. The molecule has 100 valence electrons. The molecule has 1 aliphatic heterocycles. The molecule has 1 aliphatic rings. The minimum Gasteiger partial charge on any atom is -0.394 e. The van der Waals surface area contributed by atoms with Crippen LogP contribution in [0.2, 0.25) is 0 Å². The molecule has 1 aromatic heterocycles. The van der Waals surface area contributed by atoms with Crippen molar-refractivity contribution in [2.24, 2.45) is 0 Å². The number of ether oxygens (including phenoxy) is 1. The fourth-order valence-corrected chi connectivity index (χ4v) is 1.78. The fraction of sp³-hybridized carbons (Fsp3) is 0.625. The van der Waals surface area contributed by atoms with Gasteiger partial charge in [-0.2, -0.15) is 9.97 Å². The number of nitrogens with zero attached hydrogens (tertiary/aromatic N) is 3. The van der Waals surface area contributed by atoms with Gasteiger partial charge in [0.15, 0.2) is 6.23 Å². The number of aromatic nitrogens is 3. The van der Waals surface area contributed by atoms with E-state index in [9.17, 15) is 15.0 Å². The van der Waals surface area contributed by atoms with Crippen LogP contribution < -0.4 is 17.2 Å². The molecule has 10 heteroatoms. The van der Waals surface area contributed by atoms with Crippen molar-refractivity contribution in [3.63, 3.8) is 0 Å². The zero-order valence-corrected chi connectivity index (χ0v) is 9.17. The molecule has 1 aromatic rings. The highest BCUT2D eigenvalue weighted by molar-refractivity contribution is 5.26. The van der Waals surface area contributed by atoms with E-state index in [2.05, 4.69) is 9.97 Å². The van der Waals surface area contributed by atoms with E-state index >= 15 is 0 Å². The first kappa shape index (κ1) is 12.7. The Morgan fingerprint density at radius 3 is 2.44 bits per heavy atom. The van der Waals surface area contributed by atoms with E-state index in [0.29, 0.717) is 0 Å². The van der Waals surface area contributed by atoms with Gasteiger partial charge in [-0.15, -0.1) is 0 Å². The zero-order valence-electron chi connectivity index (χ0n) is 9.17. The van der Waals surface area contributed by atoms with E-state index in [1.807, 2.05) is 0 Å². The van der Waals surface area contributed by atoms with Gasteiger partial charge in [-0.3, -0.25) is 0 Å². The van der Waals surface area contributed by atoms with Crippen LogP contribution in [0.15, 0.2) is 4.79 Å². The molecule has 0 bridgehead atoms. The van der Waals surface area contributed by atoms with Crippen LogP contribution in [0.3, 0.4) is 0 Å². The number of anilines is 2. The second kappa shape index (κ2) is 4.49. The minimum absolute atomic E-state index is 0.303. The summed E-state index contributed by atoms with van der Waals surface area (Å²) in [7, 11) is 0. The number of hydrogen-bond acceptors (Lipinski definition) is 9. The van der Waals surface area contributed by atoms with Gasteiger partial charge in [-0.05, 0) is 0 Å². The summed E-state index contributed by atoms with van der Waals surface area (Å²) >= 11 is 0. The van der Waals surface area contributed by atoms with Gasteiger partial charge in [-0.25, -0.2) is 9.36 Å². The van der Waals surface area contributed by atoms with Gasteiger partial charge in [0, 0.05) is 0 Å². The number of aliphatic hydroxyl groups is 3. The molecule has 7 N–H and O–H groups in total. The van der Waals surface area contributed by atoms with E-state index in [1.54, 1.807) is 0 Å². The van der Waals surface area contributed by atoms with Crippen molar-refractivity contribution >= 4 is 11.9 Å². The molecule has 0 radical (unpaired) electrons. The molecule has 2 heterocycles. The molecule has 0 saturated carbocycles. The zero-order chi connectivity index (χ0) is 13.4. The van der Waals surface area contributed by atoms with Crippen LogP contribution in [0, 0.1) is 0 Å². The van der Waals surface area contributed by atoms with Gasteiger partial charge in [0.1, 0.15) is 18.3 Å². The summed E-state index contributed by atoms with van der Waals surface area (Å²) < 4.78 is 5.90. The second-order valence-corrected chi connectivity index (χ2v) is 3.82. The highest BCUT2D eigenvalue weighted by Crippen LogP contribution is 2.29. The van der Waals surface area contributed by atoms with Crippen LogP contribution in [0.5, 0.6) is 0 Å². The van der Waals surface area contributed by atoms with Crippen LogP contribution in [-0.4, -0.2) is 54.8 Å². The summed E-state index contributed by atoms with van der Waals surface area (Å²) in [6.07, 6.45) is -5.07. The Hall–Kier alpha value is -1.75. The van der Waals surface area contributed by atoms with E-state index in [0.717, 1.165) is 4.57 Å². The third-order valence-electron chi connectivity index (χ3n) is 2.66. The van der Waals surface area contributed by atoms with Crippen LogP contribution in [0.1, 0.15) is 6.23 Å². The summed E-state index contributed by atoms with van der Waals surface area (Å²) in [5.41, 5.74) is 9.86. The van der Waals surface area contributed by atoms with Gasteiger partial charge in [0.05, 0.1) is 6.61 Å². The monoisotopic (exact) mass is 259 g/mol. The Bertz CT molecular complexity index is 505. The third-order valence-corrected chi connectivity index (χ3v) is 2.66. The second-order valence-electron chi connectivity index (χ2n) is 3.82. The van der Waals surface area contributed by atoms with Crippen molar-refractivity contribution < 1.29 is 20.1 Å². The SMILES string of the molecule is Nc1nc(N)n([C@@H]2O[C@H](CO)C(O)C2O)c(=O)n1. The van der Waals surface area contributed by atoms with Crippen LogP contribution >= 0.6 is 0 Å². The first-order chi connectivity index (χ1) is 8.45. The van der Waals surface area contributed by atoms with Crippen molar-refractivity contribution in [1.29, 1.82) is 0 Å². The van der Waals surface area contributed by atoms with Crippen molar-refractivity contribution in [2.75, 3.05) is 18.1 Å². The lowest BCUT2D eigenvalue weighted by atomic mass is 10.1. The molecule has 0 aliphatic carbocycles. The largest absolute Gasteiger partial charge is 0.394 e. The van der Waals surface area contributed by atoms with E-state index < -0.39 is 36.8 Å². The maximum absolute atomic E-state index is 11.6. The third kappa shape index (κ3) is 1.90. The maximum Gasteiger partial charge on any atom is 0.355 e. The average molecular weight is 259 g/mol. The predicted molar refractivity (Wildman–Crippen MR) is 58.1 cm³/mol. The molecule has 0 spiro atoms. The highest BCUT2D eigenvalue weighted by atomic mass is 16.6. The van der Waals surface area contributed by atoms with E-state index in [-0.39, 0.29) is 11.9 Å². The number of nitrogens with two attached hydrogens (primary N) is 2. The van der Waals surface area contributed by atoms with Crippen molar-refractivity contribution in [3.8, 4) is 0 Å². The highest BCUT2D eigenvalue weighted by Gasteiger charge is 2.44. The lowest BCUT2D eigenvalue weighted by molar-refractivity contribution is -0.0542. The summed E-state index contributed by atoms with van der Waals surface area (Å²) in [6.45, 7) is -0.515. The smallest absolute Gasteiger partial charge is 0.355 e. The Labute approximate surface area is 100 Å². The number of nitrogen functional groups attached to an aromatic ring is 2. The molecule has 10 nitrogen and oxygen atoms in total. The summed E-state index contributed by atoms with van der Waals surface area (Å²) in [5.74, 6) is -0.608. The van der Waals surface area contributed by atoms with Crippen LogP contribution in [0.4, 0.5) is 11.9 Å². The average Bonchev–Trinajstić information content (AvgIpc) is 2.56. The van der Waals surface area contributed by atoms with Crippen LogP contribution in [-0.2, 0) is 4.74 Å². The van der Waals surface area contributed by atoms with Crippen molar-refractivity contribution in [2.45, 2.75) is 24.5 Å². The van der Waals surface area contributed by atoms with Gasteiger partial charge in [0.25, 0.3) is 0 Å². The normalized spacial score (nSPS) is 31.7. The Kier molecular flexibility index (Phi) is 3.17. The quantitative estimate of drug-likeness (QED) is 0.360. The molecule has 0 amide bonds. The molecule has 4 atom stereocenters. The lowest BCUT2D eigenvalue weighted by Crippen LogP contribution is -2.37. The molecule has 1 fully saturated rings. The molecule has 2 rings (SSSR count). The van der Waals surface area contributed by atoms with Gasteiger partial charge >= 0.3 is 5.69 Å². The van der Waals surface area contributed by atoms with Crippen LogP contribution in [0.25, 0.3) is 0 Å². The van der Waals surface area contributed by atoms with Crippen molar-refractivity contribution in [3.05, 3.63) is 10.5 Å². The molecule has 2 unspecified atom stereocenters. The molecule has 1 saturated heterocycles. The molecule has 18 heavy (non-hydrogen) atoms. The maximum atomic E-state index is 11.6. The van der Waals surface area contributed by atoms with Gasteiger partial charge < -0.3 is 31.5 Å². The summed E-state index contributed by atoms with van der Waals surface area (Å²) in [5, 5.41) is 28.2. The Morgan fingerprint density at radius 1 is 1.28 bits per heavy atom. The first-order valence-electron chi connectivity index (χ1n) is 5.09. The standard InChI is InChI=1S/C8H13N5O5/c9-6-11-7(10)13(8(17)12-6)5-4(16)3(15)2(1-14)18-5/h2-5,14-16H,1H2,(H4,9,10,11,12,17)/t2-,3?,4?,5-/m1/s1. The number of rotatable bonds is 2. The topological polar surface area (TPSA) is 170 Å². The molecular weight excluding hydrogens is 246 g/mol. The van der Waals surface area contributed by atoms with Gasteiger partial charge in [0.2, 0.25) is 11.9 Å². The predicted octanol–water partition coefficient (Wildman–Crippen LogP) is -3.59. The minimum atomic E-state index is -1.44. The summed E-state index contributed by atoms with van der Waals surface area (Å²) in [6, 6.07) is 0. The fourth-order valence-electron chi connectivity index (χ4n) is 1.78. The Morgan fingerprint density at radius 2 is 1.94 bits per heavy atom. The number of aliphatic hydroxyl groups excluding tert-OH is 3. The van der Waals surface area contributed by atoms with Gasteiger partial charge in [-0.1, -0.05) is 0 Å². The van der Waals surface area contributed by atoms with Crippen molar-refractivity contribution in [1.82, 2.24) is 14.5 Å². The first-order valence-corrected chi connectivity index (χ1v) is 5.09. The number of hydrogen-bond donors (Lipinski definition) is 5. The molecule has 0 aromatic carbocycles. The Balaban J connectivity index is 2.42. The molecular formula is C8H13N5O5.